The molecule has 0 radical (unpaired) electrons. The molecule has 100 valence electrons. The number of nitrogens with zero attached hydrogens (tertiary/aromatic N) is 3. The van der Waals surface area contributed by atoms with Crippen LogP contribution >= 0.6 is 11.5 Å². The zero-order valence-electron chi connectivity index (χ0n) is 11.1. The number of aryl methyl sites for hydroxylation is 1. The second kappa shape index (κ2) is 5.79. The van der Waals surface area contributed by atoms with Crippen molar-refractivity contribution in [2.75, 3.05) is 5.32 Å². The van der Waals surface area contributed by atoms with Crippen LogP contribution in [-0.4, -0.2) is 14.3 Å². The first-order chi connectivity index (χ1) is 9.79. The van der Waals surface area contributed by atoms with E-state index in [9.17, 15) is 0 Å². The van der Waals surface area contributed by atoms with E-state index in [2.05, 4.69) is 43.9 Å². The maximum Gasteiger partial charge on any atom is 0.207 e. The lowest BCUT2D eigenvalue weighted by Gasteiger charge is -2.05. The van der Waals surface area contributed by atoms with E-state index in [-0.39, 0.29) is 0 Å². The third-order valence-electron chi connectivity index (χ3n) is 2.89. The van der Waals surface area contributed by atoms with Gasteiger partial charge in [0, 0.05) is 29.6 Å². The first kappa shape index (κ1) is 12.7. The quantitative estimate of drug-likeness (QED) is 0.794. The van der Waals surface area contributed by atoms with Gasteiger partial charge in [-0.1, -0.05) is 12.1 Å². The molecular weight excluding hydrogens is 268 g/mol. The van der Waals surface area contributed by atoms with Crippen LogP contribution in [-0.2, 0) is 6.42 Å². The van der Waals surface area contributed by atoms with Gasteiger partial charge in [0.2, 0.25) is 5.13 Å². The van der Waals surface area contributed by atoms with Crippen molar-refractivity contribution in [3.63, 3.8) is 0 Å². The summed E-state index contributed by atoms with van der Waals surface area (Å²) in [5.74, 6) is 0.798. The van der Waals surface area contributed by atoms with Gasteiger partial charge in [0.1, 0.15) is 5.82 Å². The third kappa shape index (κ3) is 3.19. The lowest BCUT2D eigenvalue weighted by atomic mass is 10.1. The highest BCUT2D eigenvalue weighted by Crippen LogP contribution is 2.19. The molecule has 0 saturated carbocycles. The summed E-state index contributed by atoms with van der Waals surface area (Å²) < 4.78 is 4.15. The van der Waals surface area contributed by atoms with E-state index < -0.39 is 0 Å². The molecule has 4 nitrogen and oxygen atoms in total. The van der Waals surface area contributed by atoms with Gasteiger partial charge in [0.25, 0.3) is 0 Å². The average molecular weight is 282 g/mol. The van der Waals surface area contributed by atoms with E-state index >= 15 is 0 Å². The lowest BCUT2D eigenvalue weighted by molar-refractivity contribution is 1.16. The molecule has 0 saturated heterocycles. The zero-order valence-corrected chi connectivity index (χ0v) is 11.9. The Hall–Kier alpha value is -2.27. The van der Waals surface area contributed by atoms with Gasteiger partial charge < -0.3 is 5.32 Å². The number of nitrogens with one attached hydrogen (secondary N) is 1. The van der Waals surface area contributed by atoms with Crippen LogP contribution in [0.3, 0.4) is 0 Å². The Balaban J connectivity index is 1.68. The zero-order chi connectivity index (χ0) is 13.8. The van der Waals surface area contributed by atoms with Gasteiger partial charge in [-0.3, -0.25) is 4.98 Å². The second-order valence-corrected chi connectivity index (χ2v) is 5.25. The standard InChI is InChI=1S/C15H14N4S/c1-11-17-15(20-19-11)18-14-4-2-12(3-5-14)10-13-6-8-16-9-7-13/h2-9H,10H2,1H3,(H,17,18,19). The van der Waals surface area contributed by atoms with Gasteiger partial charge in [0.05, 0.1) is 0 Å². The van der Waals surface area contributed by atoms with Gasteiger partial charge in [-0.15, -0.1) is 0 Å². The lowest BCUT2D eigenvalue weighted by Crippen LogP contribution is -1.92. The van der Waals surface area contributed by atoms with Crippen LogP contribution in [0.5, 0.6) is 0 Å². The molecule has 3 rings (SSSR count). The van der Waals surface area contributed by atoms with Gasteiger partial charge in [0.15, 0.2) is 0 Å². The summed E-state index contributed by atoms with van der Waals surface area (Å²) in [5.41, 5.74) is 3.57. The van der Waals surface area contributed by atoms with E-state index in [1.165, 1.54) is 22.7 Å². The predicted octanol–water partition coefficient (Wildman–Crippen LogP) is 3.58. The third-order valence-corrected chi connectivity index (χ3v) is 3.61. The van der Waals surface area contributed by atoms with Crippen LogP contribution in [0, 0.1) is 6.92 Å². The molecule has 0 fully saturated rings. The van der Waals surface area contributed by atoms with Crippen molar-refractivity contribution in [1.82, 2.24) is 14.3 Å². The summed E-state index contributed by atoms with van der Waals surface area (Å²) >= 11 is 1.37. The Labute approximate surface area is 121 Å². The second-order valence-electron chi connectivity index (χ2n) is 4.50. The molecule has 20 heavy (non-hydrogen) atoms. The molecule has 0 unspecified atom stereocenters. The molecule has 1 aromatic carbocycles. The molecule has 0 aliphatic rings. The monoisotopic (exact) mass is 282 g/mol. The molecule has 0 bridgehead atoms. The predicted molar refractivity (Wildman–Crippen MR) is 81.4 cm³/mol. The van der Waals surface area contributed by atoms with E-state index in [4.69, 9.17) is 0 Å². The first-order valence-corrected chi connectivity index (χ1v) is 7.12. The smallest absolute Gasteiger partial charge is 0.207 e. The minimum absolute atomic E-state index is 0.798. The highest BCUT2D eigenvalue weighted by atomic mass is 32.1. The Morgan fingerprint density at radius 2 is 1.70 bits per heavy atom. The SMILES string of the molecule is Cc1nsc(Nc2ccc(Cc3ccncc3)cc2)n1. The normalized spacial score (nSPS) is 10.4. The summed E-state index contributed by atoms with van der Waals surface area (Å²) in [4.78, 5) is 8.31. The van der Waals surface area contributed by atoms with Crippen molar-refractivity contribution in [3.8, 4) is 0 Å². The van der Waals surface area contributed by atoms with Crippen LogP contribution in [0.4, 0.5) is 10.8 Å². The van der Waals surface area contributed by atoms with Gasteiger partial charge in [-0.05, 0) is 48.7 Å². The number of benzene rings is 1. The van der Waals surface area contributed by atoms with Crippen molar-refractivity contribution in [3.05, 3.63) is 65.7 Å². The highest BCUT2D eigenvalue weighted by Gasteiger charge is 2.01. The fourth-order valence-corrected chi connectivity index (χ4v) is 2.51. The summed E-state index contributed by atoms with van der Waals surface area (Å²) in [7, 11) is 0. The summed E-state index contributed by atoms with van der Waals surface area (Å²) in [5, 5.41) is 4.07. The minimum Gasteiger partial charge on any atom is -0.330 e. The molecule has 0 aliphatic heterocycles. The molecule has 3 aromatic rings. The molecular formula is C15H14N4S. The van der Waals surface area contributed by atoms with Crippen molar-refractivity contribution in [1.29, 1.82) is 0 Å². The van der Waals surface area contributed by atoms with Gasteiger partial charge >= 0.3 is 0 Å². The molecule has 0 aliphatic carbocycles. The highest BCUT2D eigenvalue weighted by molar-refractivity contribution is 7.09. The Morgan fingerprint density at radius 1 is 1.00 bits per heavy atom. The number of hydrogen-bond acceptors (Lipinski definition) is 5. The maximum atomic E-state index is 4.29. The average Bonchev–Trinajstić information content (AvgIpc) is 2.88. The van der Waals surface area contributed by atoms with Crippen molar-refractivity contribution >= 4 is 22.4 Å². The summed E-state index contributed by atoms with van der Waals surface area (Å²) in [6.07, 6.45) is 4.56. The minimum atomic E-state index is 0.798. The fraction of sp³-hybridized carbons (Fsp3) is 0.133. The Morgan fingerprint density at radius 3 is 2.35 bits per heavy atom. The van der Waals surface area contributed by atoms with Crippen LogP contribution in [0.2, 0.25) is 0 Å². The first-order valence-electron chi connectivity index (χ1n) is 6.35. The summed E-state index contributed by atoms with van der Waals surface area (Å²) in [6, 6.07) is 12.4. The van der Waals surface area contributed by atoms with E-state index in [1.807, 2.05) is 31.5 Å². The fourth-order valence-electron chi connectivity index (χ4n) is 1.91. The van der Waals surface area contributed by atoms with Crippen molar-refractivity contribution in [2.45, 2.75) is 13.3 Å². The number of hydrogen-bond donors (Lipinski definition) is 1. The van der Waals surface area contributed by atoms with Crippen molar-refractivity contribution < 1.29 is 0 Å². The van der Waals surface area contributed by atoms with Crippen LogP contribution in [0.15, 0.2) is 48.8 Å². The molecule has 0 amide bonds. The molecule has 2 heterocycles. The molecule has 5 heteroatoms. The van der Waals surface area contributed by atoms with Crippen molar-refractivity contribution in [2.24, 2.45) is 0 Å². The number of pyridine rings is 1. The molecule has 1 N–H and O–H groups in total. The van der Waals surface area contributed by atoms with E-state index in [0.717, 1.165) is 23.1 Å². The number of rotatable bonds is 4. The largest absolute Gasteiger partial charge is 0.330 e. The maximum absolute atomic E-state index is 4.29. The summed E-state index contributed by atoms with van der Waals surface area (Å²) in [6.45, 7) is 1.89. The molecule has 2 aromatic heterocycles. The molecule has 0 atom stereocenters. The Bertz CT molecular complexity index is 677. The van der Waals surface area contributed by atoms with E-state index in [1.54, 1.807) is 0 Å². The molecule has 0 spiro atoms. The van der Waals surface area contributed by atoms with Gasteiger partial charge in [-0.2, -0.15) is 4.37 Å². The van der Waals surface area contributed by atoms with E-state index in [0.29, 0.717) is 0 Å². The topological polar surface area (TPSA) is 50.7 Å². The Kier molecular flexibility index (Phi) is 3.69. The van der Waals surface area contributed by atoms with Crippen LogP contribution in [0.1, 0.15) is 17.0 Å². The van der Waals surface area contributed by atoms with Crippen LogP contribution < -0.4 is 5.32 Å². The number of aromatic nitrogens is 3. The number of anilines is 2. The van der Waals surface area contributed by atoms with Crippen LogP contribution in [0.25, 0.3) is 0 Å². The van der Waals surface area contributed by atoms with Gasteiger partial charge in [-0.25, -0.2) is 4.98 Å².